The lowest BCUT2D eigenvalue weighted by molar-refractivity contribution is 0.0685. The topological polar surface area (TPSA) is 12.5 Å². The van der Waals surface area contributed by atoms with E-state index in [1.165, 1.54) is 0 Å². The Labute approximate surface area is 132 Å². The third-order valence-electron chi connectivity index (χ3n) is 3.93. The van der Waals surface area contributed by atoms with Crippen LogP contribution in [0.5, 0.6) is 0 Å². The van der Waals surface area contributed by atoms with Crippen LogP contribution in [0.1, 0.15) is 38.7 Å². The van der Waals surface area contributed by atoms with Gasteiger partial charge in [0.25, 0.3) is 0 Å². The third kappa shape index (κ3) is 5.24. The Morgan fingerprint density at radius 3 is 2.90 bits per heavy atom. The summed E-state index contributed by atoms with van der Waals surface area (Å²) in [5, 5.41) is 0.202. The van der Waals surface area contributed by atoms with E-state index in [0.717, 1.165) is 39.0 Å². The van der Waals surface area contributed by atoms with E-state index in [2.05, 4.69) is 18.7 Å². The molecule has 1 unspecified atom stereocenters. The van der Waals surface area contributed by atoms with E-state index in [9.17, 15) is 4.39 Å². The summed E-state index contributed by atoms with van der Waals surface area (Å²) in [4.78, 5) is 2.30. The normalized spacial score (nSPS) is 18.9. The maximum atomic E-state index is 14.1. The van der Waals surface area contributed by atoms with E-state index in [1.807, 2.05) is 12.1 Å². The fourth-order valence-electron chi connectivity index (χ4n) is 2.66. The van der Waals surface area contributed by atoms with Gasteiger partial charge in [-0.3, -0.25) is 4.90 Å². The van der Waals surface area contributed by atoms with Gasteiger partial charge in [-0.05, 0) is 37.8 Å². The lowest BCUT2D eigenvalue weighted by Gasteiger charge is -2.26. The predicted molar refractivity (Wildman–Crippen MR) is 85.1 cm³/mol. The van der Waals surface area contributed by atoms with Crippen LogP contribution in [0.2, 0.25) is 5.02 Å². The van der Waals surface area contributed by atoms with Crippen LogP contribution in [-0.4, -0.2) is 30.7 Å². The van der Waals surface area contributed by atoms with Crippen molar-refractivity contribution in [3.63, 3.8) is 0 Å². The molecule has 1 aliphatic rings. The molecule has 0 saturated carbocycles. The van der Waals surface area contributed by atoms with E-state index < -0.39 is 0 Å². The molecule has 1 fully saturated rings. The Bertz CT molecular complexity index is 446. The number of halogens is 2. The molecule has 1 aromatic rings. The molecule has 0 amide bonds. The quantitative estimate of drug-likeness (QED) is 0.734. The Morgan fingerprint density at radius 2 is 2.24 bits per heavy atom. The van der Waals surface area contributed by atoms with Crippen molar-refractivity contribution in [3.05, 3.63) is 34.6 Å². The molecule has 0 aliphatic carbocycles. The minimum atomic E-state index is -0.291. The SMILES string of the molecule is CC(C)CCN(Cc1cccc(Cl)c1F)CC1CCCO1. The molecule has 0 N–H and O–H groups in total. The summed E-state index contributed by atoms with van der Waals surface area (Å²) in [5.74, 6) is 0.349. The Hall–Kier alpha value is -0.640. The predicted octanol–water partition coefficient (Wildman–Crippen LogP) is 4.51. The summed E-state index contributed by atoms with van der Waals surface area (Å²) >= 11 is 5.88. The highest BCUT2D eigenvalue weighted by Gasteiger charge is 2.20. The number of hydrogen-bond acceptors (Lipinski definition) is 2. The summed E-state index contributed by atoms with van der Waals surface area (Å²) in [6.45, 7) is 7.71. The maximum absolute atomic E-state index is 14.1. The molecule has 0 spiro atoms. The number of nitrogens with zero attached hydrogens (tertiary/aromatic N) is 1. The minimum Gasteiger partial charge on any atom is -0.377 e. The van der Waals surface area contributed by atoms with Gasteiger partial charge in [0.15, 0.2) is 0 Å². The molecule has 0 aromatic heterocycles. The van der Waals surface area contributed by atoms with Crippen molar-refractivity contribution >= 4 is 11.6 Å². The first-order chi connectivity index (χ1) is 10.1. The van der Waals surface area contributed by atoms with E-state index in [4.69, 9.17) is 16.3 Å². The van der Waals surface area contributed by atoms with Gasteiger partial charge in [-0.25, -0.2) is 4.39 Å². The van der Waals surface area contributed by atoms with Gasteiger partial charge < -0.3 is 4.74 Å². The molecule has 0 radical (unpaired) electrons. The van der Waals surface area contributed by atoms with Crippen LogP contribution < -0.4 is 0 Å². The molecule has 2 rings (SSSR count). The fraction of sp³-hybridized carbons (Fsp3) is 0.647. The van der Waals surface area contributed by atoms with Gasteiger partial charge in [-0.1, -0.05) is 37.6 Å². The molecule has 1 atom stereocenters. The summed E-state index contributed by atoms with van der Waals surface area (Å²) < 4.78 is 19.8. The van der Waals surface area contributed by atoms with Crippen LogP contribution in [-0.2, 0) is 11.3 Å². The first kappa shape index (κ1) is 16.7. The van der Waals surface area contributed by atoms with E-state index >= 15 is 0 Å². The van der Waals surface area contributed by atoms with Gasteiger partial charge in [-0.15, -0.1) is 0 Å². The molecule has 0 bridgehead atoms. The van der Waals surface area contributed by atoms with Crippen LogP contribution in [0.15, 0.2) is 18.2 Å². The molecule has 21 heavy (non-hydrogen) atoms. The first-order valence-electron chi connectivity index (χ1n) is 7.83. The molecule has 1 aromatic carbocycles. The van der Waals surface area contributed by atoms with Crippen molar-refractivity contribution in [2.24, 2.45) is 5.92 Å². The zero-order valence-corrected chi connectivity index (χ0v) is 13.7. The van der Waals surface area contributed by atoms with E-state index in [0.29, 0.717) is 24.1 Å². The number of rotatable bonds is 7. The van der Waals surface area contributed by atoms with E-state index in [-0.39, 0.29) is 10.8 Å². The molecule has 2 nitrogen and oxygen atoms in total. The fourth-order valence-corrected chi connectivity index (χ4v) is 2.86. The number of benzene rings is 1. The summed E-state index contributed by atoms with van der Waals surface area (Å²) in [5.41, 5.74) is 0.671. The number of hydrogen-bond donors (Lipinski definition) is 0. The third-order valence-corrected chi connectivity index (χ3v) is 4.23. The van der Waals surface area contributed by atoms with Gasteiger partial charge >= 0.3 is 0 Å². The lowest BCUT2D eigenvalue weighted by Crippen LogP contribution is -2.33. The van der Waals surface area contributed by atoms with Gasteiger partial charge in [0, 0.05) is 25.3 Å². The monoisotopic (exact) mass is 313 g/mol. The average Bonchev–Trinajstić information content (AvgIpc) is 2.94. The zero-order chi connectivity index (χ0) is 15.2. The molecule has 1 heterocycles. The molecule has 118 valence electrons. The second-order valence-electron chi connectivity index (χ2n) is 6.27. The van der Waals surface area contributed by atoms with Crippen LogP contribution >= 0.6 is 11.6 Å². The summed E-state index contributed by atoms with van der Waals surface area (Å²) in [6, 6.07) is 5.23. The van der Waals surface area contributed by atoms with E-state index in [1.54, 1.807) is 6.07 Å². The zero-order valence-electron chi connectivity index (χ0n) is 12.9. The highest BCUT2D eigenvalue weighted by atomic mass is 35.5. The van der Waals surface area contributed by atoms with Gasteiger partial charge in [0.1, 0.15) is 5.82 Å². The van der Waals surface area contributed by atoms with Crippen LogP contribution in [0.25, 0.3) is 0 Å². The van der Waals surface area contributed by atoms with Crippen molar-refractivity contribution in [2.45, 2.75) is 45.8 Å². The highest BCUT2D eigenvalue weighted by Crippen LogP contribution is 2.21. The Morgan fingerprint density at radius 1 is 1.43 bits per heavy atom. The van der Waals surface area contributed by atoms with Crippen molar-refractivity contribution in [2.75, 3.05) is 19.7 Å². The van der Waals surface area contributed by atoms with Crippen LogP contribution in [0, 0.1) is 11.7 Å². The van der Waals surface area contributed by atoms with Crippen molar-refractivity contribution < 1.29 is 9.13 Å². The van der Waals surface area contributed by atoms with Crippen molar-refractivity contribution in [1.29, 1.82) is 0 Å². The second kappa shape index (κ2) is 8.11. The summed E-state index contributed by atoms with van der Waals surface area (Å²) in [6.07, 6.45) is 3.64. The molecule has 1 saturated heterocycles. The summed E-state index contributed by atoms with van der Waals surface area (Å²) in [7, 11) is 0. The smallest absolute Gasteiger partial charge is 0.146 e. The van der Waals surface area contributed by atoms with Crippen molar-refractivity contribution in [1.82, 2.24) is 4.90 Å². The highest BCUT2D eigenvalue weighted by molar-refractivity contribution is 6.30. The van der Waals surface area contributed by atoms with Crippen molar-refractivity contribution in [3.8, 4) is 0 Å². The molecular weight excluding hydrogens is 289 g/mol. The largest absolute Gasteiger partial charge is 0.377 e. The van der Waals surface area contributed by atoms with Gasteiger partial charge in [0.05, 0.1) is 11.1 Å². The van der Waals surface area contributed by atoms with Crippen LogP contribution in [0.4, 0.5) is 4.39 Å². The Kier molecular flexibility index (Phi) is 6.46. The number of ether oxygens (including phenoxy) is 1. The van der Waals surface area contributed by atoms with Gasteiger partial charge in [-0.2, -0.15) is 0 Å². The molecule has 1 aliphatic heterocycles. The Balaban J connectivity index is 2.01. The standard InChI is InChI=1S/C17H25ClFNO/c1-13(2)8-9-20(12-15-6-4-10-21-15)11-14-5-3-7-16(18)17(14)19/h3,5,7,13,15H,4,6,8-12H2,1-2H3. The average molecular weight is 314 g/mol. The molecule has 4 heteroatoms. The second-order valence-corrected chi connectivity index (χ2v) is 6.67. The molecular formula is C17H25ClFNO. The first-order valence-corrected chi connectivity index (χ1v) is 8.21. The minimum absolute atomic E-state index is 0.202. The van der Waals surface area contributed by atoms with Crippen LogP contribution in [0.3, 0.4) is 0 Å². The van der Waals surface area contributed by atoms with Gasteiger partial charge in [0.2, 0.25) is 0 Å². The maximum Gasteiger partial charge on any atom is 0.146 e. The lowest BCUT2D eigenvalue weighted by atomic mass is 10.1.